The Kier molecular flexibility index (Phi) is 5.95. The molecule has 0 atom stereocenters. The lowest BCUT2D eigenvalue weighted by molar-refractivity contribution is 0.477. The fourth-order valence-corrected chi connectivity index (χ4v) is 5.23. The molecule has 1 N–H and O–H groups in total. The lowest BCUT2D eigenvalue weighted by Gasteiger charge is -2.37. The first-order valence-corrected chi connectivity index (χ1v) is 12.6. The molecule has 0 fully saturated rings. The highest BCUT2D eigenvalue weighted by Crippen LogP contribution is 2.43. The van der Waals surface area contributed by atoms with Gasteiger partial charge in [0.2, 0.25) is 0 Å². The number of rotatable bonds is 6. The molecule has 0 spiro atoms. The van der Waals surface area contributed by atoms with Crippen molar-refractivity contribution in [3.8, 4) is 0 Å². The second-order valence-corrected chi connectivity index (χ2v) is 9.42. The molecule has 6 aromatic rings. The predicted octanol–water partition coefficient (Wildman–Crippen LogP) is 7.98. The lowest BCUT2D eigenvalue weighted by atomic mass is 9.77. The van der Waals surface area contributed by atoms with E-state index < -0.39 is 5.54 Å². The van der Waals surface area contributed by atoms with E-state index in [4.69, 9.17) is 16.7 Å². The van der Waals surface area contributed by atoms with Gasteiger partial charge in [0.05, 0.1) is 10.9 Å². The number of aromatic nitrogens is 3. The van der Waals surface area contributed by atoms with E-state index in [1.54, 1.807) is 6.20 Å². The molecule has 4 aromatic carbocycles. The Bertz CT molecular complexity index is 1570. The minimum atomic E-state index is -0.766. The first kappa shape index (κ1) is 23.0. The average Bonchev–Trinajstić information content (AvgIpc) is 3.29. The molecule has 2 heterocycles. The molecule has 6 rings (SSSR count). The molecule has 4 nitrogen and oxygen atoms in total. The molecule has 0 amide bonds. The third kappa shape index (κ3) is 3.96. The molecular formula is C32H25ClN4. The molecule has 2 aromatic heterocycles. The van der Waals surface area contributed by atoms with Crippen LogP contribution in [-0.4, -0.2) is 14.8 Å². The van der Waals surface area contributed by atoms with E-state index in [0.717, 1.165) is 44.7 Å². The molecule has 180 valence electrons. The number of para-hydroxylation sites is 1. The van der Waals surface area contributed by atoms with Crippen LogP contribution < -0.4 is 5.32 Å². The van der Waals surface area contributed by atoms with Crippen LogP contribution in [0.1, 0.15) is 22.3 Å². The van der Waals surface area contributed by atoms with E-state index in [-0.39, 0.29) is 0 Å². The van der Waals surface area contributed by atoms with E-state index in [2.05, 4.69) is 107 Å². The fourth-order valence-electron chi connectivity index (χ4n) is 5.08. The topological polar surface area (TPSA) is 42.7 Å². The molecule has 0 saturated carbocycles. The number of benzene rings is 4. The van der Waals surface area contributed by atoms with Crippen molar-refractivity contribution in [2.75, 3.05) is 5.32 Å². The van der Waals surface area contributed by atoms with E-state index >= 15 is 0 Å². The number of fused-ring (bicyclic) bond motifs is 1. The van der Waals surface area contributed by atoms with Crippen molar-refractivity contribution < 1.29 is 0 Å². The molecule has 5 heteroatoms. The Morgan fingerprint density at radius 1 is 0.703 bits per heavy atom. The van der Waals surface area contributed by atoms with Crippen molar-refractivity contribution in [1.29, 1.82) is 0 Å². The van der Waals surface area contributed by atoms with Crippen LogP contribution in [0.25, 0.3) is 10.9 Å². The summed E-state index contributed by atoms with van der Waals surface area (Å²) in [4.78, 5) is 4.42. The van der Waals surface area contributed by atoms with Crippen molar-refractivity contribution in [3.63, 3.8) is 0 Å². The van der Waals surface area contributed by atoms with Gasteiger partial charge in [-0.25, -0.2) is 9.67 Å². The van der Waals surface area contributed by atoms with Crippen LogP contribution in [0.2, 0.25) is 5.15 Å². The third-order valence-electron chi connectivity index (χ3n) is 6.82. The number of nitrogens with zero attached hydrogens (tertiary/aromatic N) is 3. The zero-order chi connectivity index (χ0) is 25.2. The predicted molar refractivity (Wildman–Crippen MR) is 152 cm³/mol. The number of halogens is 1. The molecule has 0 aliphatic rings. The molecule has 0 aliphatic heterocycles. The van der Waals surface area contributed by atoms with Crippen LogP contribution in [0.3, 0.4) is 0 Å². The van der Waals surface area contributed by atoms with Crippen molar-refractivity contribution in [2.45, 2.75) is 12.5 Å². The molecular weight excluding hydrogens is 476 g/mol. The number of aryl methyl sites for hydroxylation is 1. The minimum Gasteiger partial charge on any atom is -0.338 e. The third-order valence-corrected chi connectivity index (χ3v) is 7.03. The van der Waals surface area contributed by atoms with Gasteiger partial charge in [-0.1, -0.05) is 121 Å². The zero-order valence-corrected chi connectivity index (χ0v) is 21.1. The summed E-state index contributed by atoms with van der Waals surface area (Å²) in [5, 5.41) is 10.1. The Morgan fingerprint density at radius 3 is 1.76 bits per heavy atom. The summed E-state index contributed by atoms with van der Waals surface area (Å²) in [5.41, 5.74) is 5.51. The van der Waals surface area contributed by atoms with Crippen LogP contribution in [0.5, 0.6) is 0 Å². The fraction of sp³-hybridized carbons (Fsp3) is 0.0625. The van der Waals surface area contributed by atoms with Crippen LogP contribution >= 0.6 is 11.6 Å². The van der Waals surface area contributed by atoms with Crippen molar-refractivity contribution >= 4 is 34.0 Å². The number of pyridine rings is 1. The van der Waals surface area contributed by atoms with Gasteiger partial charge in [-0.05, 0) is 35.2 Å². The molecule has 0 bridgehead atoms. The second-order valence-electron chi connectivity index (χ2n) is 9.03. The largest absolute Gasteiger partial charge is 0.338 e. The standard InChI is InChI=1S/C32H25ClN4/c1-23-13-11-12-20-28(23)35-31-27-22-34-30(33)21-29(27)37(36-31)32(24-14-5-2-6-15-24,25-16-7-3-8-17-25)26-18-9-4-10-19-26/h2-22H,1H3,(H,35,36). The highest BCUT2D eigenvalue weighted by atomic mass is 35.5. The van der Waals surface area contributed by atoms with Gasteiger partial charge in [0.15, 0.2) is 5.82 Å². The smallest absolute Gasteiger partial charge is 0.162 e. The molecule has 0 radical (unpaired) electrons. The van der Waals surface area contributed by atoms with Gasteiger partial charge in [0.1, 0.15) is 10.7 Å². The van der Waals surface area contributed by atoms with Crippen molar-refractivity contribution in [3.05, 3.63) is 155 Å². The Labute approximate surface area is 221 Å². The summed E-state index contributed by atoms with van der Waals surface area (Å²) >= 11 is 6.50. The SMILES string of the molecule is Cc1ccccc1Nc1nn(C(c2ccccc2)(c2ccccc2)c2ccccc2)c2cc(Cl)ncc12. The second kappa shape index (κ2) is 9.57. The molecule has 0 saturated heterocycles. The minimum absolute atomic E-state index is 0.416. The van der Waals surface area contributed by atoms with E-state index in [0.29, 0.717) is 5.15 Å². The summed E-state index contributed by atoms with van der Waals surface area (Å²) in [6.45, 7) is 2.08. The van der Waals surface area contributed by atoms with E-state index in [1.165, 1.54) is 0 Å². The van der Waals surface area contributed by atoms with E-state index in [1.807, 2.05) is 36.4 Å². The Morgan fingerprint density at radius 2 is 1.22 bits per heavy atom. The first-order valence-electron chi connectivity index (χ1n) is 12.2. The Hall–Kier alpha value is -4.41. The summed E-state index contributed by atoms with van der Waals surface area (Å²) in [6.07, 6.45) is 1.80. The zero-order valence-electron chi connectivity index (χ0n) is 20.3. The van der Waals surface area contributed by atoms with Crippen molar-refractivity contribution in [1.82, 2.24) is 14.8 Å². The van der Waals surface area contributed by atoms with Gasteiger partial charge in [-0.2, -0.15) is 5.10 Å². The van der Waals surface area contributed by atoms with E-state index in [9.17, 15) is 0 Å². The van der Waals surface area contributed by atoms with Gasteiger partial charge in [0.25, 0.3) is 0 Å². The monoisotopic (exact) mass is 500 g/mol. The van der Waals surface area contributed by atoms with Crippen LogP contribution in [-0.2, 0) is 5.54 Å². The van der Waals surface area contributed by atoms with Crippen LogP contribution in [0.4, 0.5) is 11.5 Å². The number of anilines is 2. The summed E-state index contributed by atoms with van der Waals surface area (Å²) in [7, 11) is 0. The summed E-state index contributed by atoms with van der Waals surface area (Å²) in [6, 6.07) is 41.6. The molecule has 37 heavy (non-hydrogen) atoms. The highest BCUT2D eigenvalue weighted by Gasteiger charge is 2.41. The lowest BCUT2D eigenvalue weighted by Crippen LogP contribution is -2.38. The Balaban J connectivity index is 1.73. The highest BCUT2D eigenvalue weighted by molar-refractivity contribution is 6.30. The number of nitrogens with one attached hydrogen (secondary N) is 1. The number of hydrogen-bond donors (Lipinski definition) is 1. The van der Waals surface area contributed by atoms with Gasteiger partial charge in [-0.3, -0.25) is 0 Å². The van der Waals surface area contributed by atoms with Crippen LogP contribution in [0, 0.1) is 6.92 Å². The van der Waals surface area contributed by atoms with Gasteiger partial charge in [0, 0.05) is 18.0 Å². The summed E-state index contributed by atoms with van der Waals surface area (Å²) in [5.74, 6) is 0.723. The van der Waals surface area contributed by atoms with Crippen LogP contribution in [0.15, 0.2) is 128 Å². The maximum atomic E-state index is 6.50. The van der Waals surface area contributed by atoms with Crippen molar-refractivity contribution in [2.24, 2.45) is 0 Å². The first-order chi connectivity index (χ1) is 18.2. The van der Waals surface area contributed by atoms with Gasteiger partial charge >= 0.3 is 0 Å². The quantitative estimate of drug-likeness (QED) is 0.186. The summed E-state index contributed by atoms with van der Waals surface area (Å²) < 4.78 is 2.09. The average molecular weight is 501 g/mol. The maximum absolute atomic E-state index is 6.50. The van der Waals surface area contributed by atoms with Gasteiger partial charge < -0.3 is 5.32 Å². The maximum Gasteiger partial charge on any atom is 0.162 e. The normalized spacial score (nSPS) is 11.5. The number of hydrogen-bond acceptors (Lipinski definition) is 3. The van der Waals surface area contributed by atoms with Gasteiger partial charge in [-0.15, -0.1) is 0 Å². The molecule has 0 unspecified atom stereocenters. The molecule has 0 aliphatic carbocycles.